The lowest BCUT2D eigenvalue weighted by atomic mass is 10.1. The van der Waals surface area contributed by atoms with Gasteiger partial charge in [0.2, 0.25) is 0 Å². The third-order valence-electron chi connectivity index (χ3n) is 6.83. The van der Waals surface area contributed by atoms with Crippen LogP contribution in [0.4, 0.5) is 0 Å². The summed E-state index contributed by atoms with van der Waals surface area (Å²) in [5.74, 6) is -1.93. The fourth-order valence-electron chi connectivity index (χ4n) is 4.75. The molecule has 1 fully saturated rings. The number of carbonyl (C=O) groups is 3. The fourth-order valence-corrected chi connectivity index (χ4v) is 4.95. The zero-order valence-electron chi connectivity index (χ0n) is 22.4. The van der Waals surface area contributed by atoms with Gasteiger partial charge >= 0.3 is 17.9 Å². The molecular formula is C31H24N4O7S. The Morgan fingerprint density at radius 3 is 1.88 bits per heavy atom. The normalized spacial score (nSPS) is 19.5. The number of imidazole rings is 1. The van der Waals surface area contributed by atoms with Gasteiger partial charge in [-0.1, -0.05) is 66.8 Å². The number of esters is 3. The molecule has 0 saturated carbocycles. The van der Waals surface area contributed by atoms with E-state index >= 15 is 0 Å². The summed E-state index contributed by atoms with van der Waals surface area (Å²) in [5, 5.41) is 0. The molecule has 2 aromatic heterocycles. The molecular weight excluding hydrogens is 572 g/mol. The Morgan fingerprint density at radius 1 is 0.767 bits per heavy atom. The number of aromatic nitrogens is 4. The van der Waals surface area contributed by atoms with Gasteiger partial charge in [0.1, 0.15) is 23.9 Å². The van der Waals surface area contributed by atoms with E-state index < -0.39 is 42.4 Å². The molecule has 1 aliphatic rings. The summed E-state index contributed by atoms with van der Waals surface area (Å²) in [5.41, 5.74) is 1.74. The van der Waals surface area contributed by atoms with Crippen molar-refractivity contribution in [1.82, 2.24) is 19.5 Å². The van der Waals surface area contributed by atoms with E-state index in [4.69, 9.17) is 31.2 Å². The van der Waals surface area contributed by atoms with Gasteiger partial charge in [0, 0.05) is 0 Å². The van der Waals surface area contributed by atoms with Crippen molar-refractivity contribution < 1.29 is 33.3 Å². The highest BCUT2D eigenvalue weighted by atomic mass is 32.1. The second-order valence-corrected chi connectivity index (χ2v) is 9.94. The number of ether oxygens (including phenoxy) is 4. The van der Waals surface area contributed by atoms with E-state index in [1.165, 1.54) is 12.7 Å². The van der Waals surface area contributed by atoms with Crippen LogP contribution in [0.5, 0.6) is 0 Å². The van der Waals surface area contributed by atoms with Crippen molar-refractivity contribution in [3.05, 3.63) is 125 Å². The van der Waals surface area contributed by atoms with Crippen LogP contribution in [0.2, 0.25) is 0 Å². The van der Waals surface area contributed by atoms with E-state index in [1.807, 2.05) is 0 Å². The molecule has 0 radical (unpaired) electrons. The molecule has 1 saturated heterocycles. The molecule has 5 aromatic rings. The molecule has 216 valence electrons. The summed E-state index contributed by atoms with van der Waals surface area (Å²) in [6, 6.07) is 25.2. The zero-order valence-corrected chi connectivity index (χ0v) is 23.3. The Hall–Kier alpha value is -5.20. The Kier molecular flexibility index (Phi) is 8.03. The minimum absolute atomic E-state index is 0.253. The lowest BCUT2D eigenvalue weighted by molar-refractivity contribution is -0.0606. The molecule has 1 N–H and O–H groups in total. The van der Waals surface area contributed by atoms with Crippen molar-refractivity contribution in [3.63, 3.8) is 0 Å². The number of carbonyl (C=O) groups excluding carboxylic acids is 3. The highest BCUT2D eigenvalue weighted by Crippen LogP contribution is 2.36. The Balaban J connectivity index is 1.37. The van der Waals surface area contributed by atoms with E-state index in [9.17, 15) is 14.4 Å². The number of hydrogen-bond donors (Lipinski definition) is 1. The zero-order chi connectivity index (χ0) is 29.8. The van der Waals surface area contributed by atoms with Gasteiger partial charge in [0.25, 0.3) is 0 Å². The van der Waals surface area contributed by atoms with Crippen LogP contribution in [0.3, 0.4) is 0 Å². The SMILES string of the molecule is O=C(OC[C@H]1O[C@@H](n2cnc3c(=S)nc[nH]c32)[C@@H](OC(=O)c2ccccc2)[C@@H]1OC(=O)c1ccccc1)c1ccccc1. The van der Waals surface area contributed by atoms with Crippen molar-refractivity contribution in [2.45, 2.75) is 24.5 Å². The van der Waals surface area contributed by atoms with Gasteiger partial charge in [-0.05, 0) is 36.4 Å². The van der Waals surface area contributed by atoms with Crippen molar-refractivity contribution >= 4 is 41.3 Å². The molecule has 0 amide bonds. The third-order valence-corrected chi connectivity index (χ3v) is 7.13. The summed E-state index contributed by atoms with van der Waals surface area (Å²) in [4.78, 5) is 50.8. The number of nitrogens with one attached hydrogen (secondary N) is 1. The second kappa shape index (κ2) is 12.3. The summed E-state index contributed by atoms with van der Waals surface area (Å²) >= 11 is 5.32. The van der Waals surface area contributed by atoms with Crippen molar-refractivity contribution in [1.29, 1.82) is 0 Å². The molecule has 0 unspecified atom stereocenters. The van der Waals surface area contributed by atoms with Crippen LogP contribution in [0.1, 0.15) is 37.3 Å². The van der Waals surface area contributed by atoms with Crippen LogP contribution in [0.25, 0.3) is 11.2 Å². The molecule has 12 heteroatoms. The van der Waals surface area contributed by atoms with Crippen LogP contribution in [0, 0.1) is 4.64 Å². The summed E-state index contributed by atoms with van der Waals surface area (Å²) in [7, 11) is 0. The first kappa shape index (κ1) is 27.9. The minimum Gasteiger partial charge on any atom is -0.459 e. The number of hydrogen-bond acceptors (Lipinski definition) is 10. The van der Waals surface area contributed by atoms with Crippen LogP contribution < -0.4 is 0 Å². The summed E-state index contributed by atoms with van der Waals surface area (Å²) in [6.07, 6.45) is -1.58. The predicted octanol–water partition coefficient (Wildman–Crippen LogP) is 4.69. The van der Waals surface area contributed by atoms with Crippen molar-refractivity contribution in [2.24, 2.45) is 0 Å². The Morgan fingerprint density at radius 2 is 1.30 bits per heavy atom. The topological polar surface area (TPSA) is 135 Å². The number of benzene rings is 3. The number of H-pyrrole nitrogens is 1. The van der Waals surface area contributed by atoms with Crippen molar-refractivity contribution in [3.8, 4) is 0 Å². The van der Waals surface area contributed by atoms with Gasteiger partial charge in [0.05, 0.1) is 29.3 Å². The van der Waals surface area contributed by atoms with E-state index in [2.05, 4.69) is 15.0 Å². The standard InChI is InChI=1S/C31H24N4O7S/c36-29(19-10-4-1-5-11-19)39-16-22-24(41-30(37)20-12-6-2-7-13-20)25(42-31(38)21-14-8-3-9-15-21)28(40-22)35-18-34-23-26(35)32-17-33-27(23)43/h1-15,17-18,22,24-25,28H,16H2,(H,32,33,43)/t22-,24-,25+,28-/m1/s1. The quantitative estimate of drug-likeness (QED) is 0.153. The molecule has 3 aromatic carbocycles. The lowest BCUT2D eigenvalue weighted by Gasteiger charge is -2.25. The maximum Gasteiger partial charge on any atom is 0.338 e. The van der Waals surface area contributed by atoms with Gasteiger partial charge < -0.3 is 23.9 Å². The Bertz CT molecular complexity index is 1810. The monoisotopic (exact) mass is 596 g/mol. The molecule has 43 heavy (non-hydrogen) atoms. The first-order chi connectivity index (χ1) is 21.0. The second-order valence-electron chi connectivity index (χ2n) is 9.56. The molecule has 11 nitrogen and oxygen atoms in total. The van der Waals surface area contributed by atoms with Gasteiger partial charge in [-0.25, -0.2) is 24.4 Å². The van der Waals surface area contributed by atoms with E-state index in [0.29, 0.717) is 16.7 Å². The van der Waals surface area contributed by atoms with Crippen LogP contribution in [-0.4, -0.2) is 62.3 Å². The predicted molar refractivity (Wildman–Crippen MR) is 155 cm³/mol. The molecule has 6 rings (SSSR count). The highest BCUT2D eigenvalue weighted by molar-refractivity contribution is 7.71. The Labute approximate surface area is 250 Å². The third kappa shape index (κ3) is 5.92. The van der Waals surface area contributed by atoms with E-state index in [1.54, 1.807) is 95.6 Å². The molecule has 0 spiro atoms. The first-order valence-electron chi connectivity index (χ1n) is 13.3. The number of aromatic amines is 1. The van der Waals surface area contributed by atoms with Gasteiger partial charge in [-0.15, -0.1) is 0 Å². The van der Waals surface area contributed by atoms with Crippen molar-refractivity contribution in [2.75, 3.05) is 6.61 Å². The lowest BCUT2D eigenvalue weighted by Crippen LogP contribution is -2.41. The number of fused-ring (bicyclic) bond motifs is 1. The average Bonchev–Trinajstić information content (AvgIpc) is 3.63. The first-order valence-corrected chi connectivity index (χ1v) is 13.7. The number of rotatable bonds is 8. The average molecular weight is 597 g/mol. The highest BCUT2D eigenvalue weighted by Gasteiger charge is 2.51. The summed E-state index contributed by atoms with van der Waals surface area (Å²) < 4.78 is 25.7. The van der Waals surface area contributed by atoms with Crippen LogP contribution in [-0.2, 0) is 18.9 Å². The van der Waals surface area contributed by atoms with E-state index in [0.717, 1.165) is 0 Å². The number of nitrogens with zero attached hydrogens (tertiary/aromatic N) is 3. The maximum absolute atomic E-state index is 13.3. The molecule has 0 bridgehead atoms. The summed E-state index contributed by atoms with van der Waals surface area (Å²) in [6.45, 7) is -0.305. The molecule has 0 aliphatic carbocycles. The van der Waals surface area contributed by atoms with Gasteiger partial charge in [-0.3, -0.25) is 4.57 Å². The van der Waals surface area contributed by atoms with Crippen LogP contribution in [0.15, 0.2) is 104 Å². The molecule has 1 aliphatic heterocycles. The smallest absolute Gasteiger partial charge is 0.338 e. The van der Waals surface area contributed by atoms with Gasteiger partial charge in [0.15, 0.2) is 23.1 Å². The van der Waals surface area contributed by atoms with E-state index in [-0.39, 0.29) is 22.4 Å². The maximum atomic E-state index is 13.3. The fraction of sp³-hybridized carbons (Fsp3) is 0.161. The molecule has 3 heterocycles. The minimum atomic E-state index is -1.19. The van der Waals surface area contributed by atoms with Gasteiger partial charge in [-0.2, -0.15) is 0 Å². The largest absolute Gasteiger partial charge is 0.459 e. The molecule has 4 atom stereocenters. The van der Waals surface area contributed by atoms with Crippen LogP contribution >= 0.6 is 12.2 Å².